The van der Waals surface area contributed by atoms with Crippen molar-refractivity contribution in [1.29, 1.82) is 0 Å². The molecule has 8 nitrogen and oxygen atoms in total. The van der Waals surface area contributed by atoms with Gasteiger partial charge in [-0.1, -0.05) is 17.7 Å². The summed E-state index contributed by atoms with van der Waals surface area (Å²) in [6.45, 7) is 4.10. The number of nitrogens with zero attached hydrogens (tertiary/aromatic N) is 3. The van der Waals surface area contributed by atoms with Crippen LogP contribution in [0.25, 0.3) is 0 Å². The van der Waals surface area contributed by atoms with Crippen molar-refractivity contribution in [1.82, 2.24) is 9.78 Å². The molecule has 2 unspecified atom stereocenters. The molecule has 0 saturated carbocycles. The van der Waals surface area contributed by atoms with Gasteiger partial charge in [-0.25, -0.2) is 13.1 Å². The number of carbonyl (C=O) groups is 2. The summed E-state index contributed by atoms with van der Waals surface area (Å²) in [6.07, 6.45) is 0.625. The van der Waals surface area contributed by atoms with E-state index in [0.717, 1.165) is 11.3 Å². The number of aromatic nitrogens is 2. The maximum Gasteiger partial charge on any atom is 0.230 e. The van der Waals surface area contributed by atoms with Crippen molar-refractivity contribution in [3.63, 3.8) is 0 Å². The highest BCUT2D eigenvalue weighted by Gasteiger charge is 2.36. The average Bonchev–Trinajstić information content (AvgIpc) is 3.32. The number of hydrogen-bond donors (Lipinski definition) is 1. The van der Waals surface area contributed by atoms with E-state index in [2.05, 4.69) is 10.4 Å². The predicted molar refractivity (Wildman–Crippen MR) is 110 cm³/mol. The maximum absolute atomic E-state index is 12.8. The number of amides is 2. The Hall–Kier alpha value is -2.68. The molecule has 2 amide bonds. The van der Waals surface area contributed by atoms with Crippen LogP contribution in [0, 0.1) is 19.8 Å². The van der Waals surface area contributed by atoms with Crippen LogP contribution in [-0.2, 0) is 19.4 Å². The first-order valence-electron chi connectivity index (χ1n) is 9.66. The van der Waals surface area contributed by atoms with E-state index in [-0.39, 0.29) is 35.8 Å². The van der Waals surface area contributed by atoms with Crippen molar-refractivity contribution in [2.75, 3.05) is 28.3 Å². The molecule has 0 radical (unpaired) electrons. The Labute approximate surface area is 169 Å². The van der Waals surface area contributed by atoms with Gasteiger partial charge in [0.25, 0.3) is 0 Å². The molecular weight excluding hydrogens is 392 g/mol. The van der Waals surface area contributed by atoms with Gasteiger partial charge in [0.15, 0.2) is 9.84 Å². The van der Waals surface area contributed by atoms with Gasteiger partial charge in [0.05, 0.1) is 29.2 Å². The zero-order valence-electron chi connectivity index (χ0n) is 16.5. The highest BCUT2D eigenvalue weighted by atomic mass is 32.2. The number of sulfone groups is 1. The largest absolute Gasteiger partial charge is 0.312 e. The molecule has 29 heavy (non-hydrogen) atoms. The van der Waals surface area contributed by atoms with Crippen LogP contribution in [0.5, 0.6) is 0 Å². The van der Waals surface area contributed by atoms with Crippen LogP contribution in [0.15, 0.2) is 30.3 Å². The van der Waals surface area contributed by atoms with E-state index < -0.39 is 15.8 Å². The highest BCUT2D eigenvalue weighted by molar-refractivity contribution is 7.91. The van der Waals surface area contributed by atoms with Crippen LogP contribution in [0.3, 0.4) is 0 Å². The fourth-order valence-electron chi connectivity index (χ4n) is 3.94. The summed E-state index contributed by atoms with van der Waals surface area (Å²) >= 11 is 0. The standard InChI is InChI=1S/C20H24N4O4S/c1-13-3-5-16(6-4-13)23-11-15(10-19(23)25)20(26)21-18-9-14(2)22-24(18)17-7-8-29(27,28)12-17/h3-6,9,15,17H,7-8,10-12H2,1-2H3,(H,21,26). The lowest BCUT2D eigenvalue weighted by atomic mass is 10.1. The molecule has 9 heteroatoms. The first kappa shape index (κ1) is 19.6. The molecule has 4 rings (SSSR count). The molecule has 2 aliphatic heterocycles. The zero-order chi connectivity index (χ0) is 20.8. The van der Waals surface area contributed by atoms with Crippen molar-refractivity contribution in [3.8, 4) is 0 Å². The lowest BCUT2D eigenvalue weighted by molar-refractivity contribution is -0.122. The van der Waals surface area contributed by atoms with Gasteiger partial charge in [0, 0.05) is 24.7 Å². The molecule has 1 N–H and O–H groups in total. The van der Waals surface area contributed by atoms with Crippen molar-refractivity contribution in [2.45, 2.75) is 32.7 Å². The van der Waals surface area contributed by atoms with Crippen LogP contribution in [0.4, 0.5) is 11.5 Å². The Balaban J connectivity index is 1.48. The summed E-state index contributed by atoms with van der Waals surface area (Å²) in [5, 5.41) is 7.25. The SMILES string of the molecule is Cc1ccc(N2CC(C(=O)Nc3cc(C)nn3C3CCS(=O)(=O)C3)CC2=O)cc1. The molecule has 0 aliphatic carbocycles. The van der Waals surface area contributed by atoms with E-state index in [0.29, 0.717) is 24.5 Å². The molecule has 2 saturated heterocycles. The molecule has 2 atom stereocenters. The van der Waals surface area contributed by atoms with Gasteiger partial charge in [0.2, 0.25) is 11.8 Å². The number of rotatable bonds is 4. The predicted octanol–water partition coefficient (Wildman–Crippen LogP) is 1.85. The van der Waals surface area contributed by atoms with Crippen molar-refractivity contribution < 1.29 is 18.0 Å². The van der Waals surface area contributed by atoms with Crippen LogP contribution in [0.1, 0.15) is 30.1 Å². The van der Waals surface area contributed by atoms with Crippen LogP contribution in [0.2, 0.25) is 0 Å². The quantitative estimate of drug-likeness (QED) is 0.820. The molecule has 3 heterocycles. The Morgan fingerprint density at radius 2 is 1.93 bits per heavy atom. The third kappa shape index (κ3) is 4.05. The number of carbonyl (C=O) groups excluding carboxylic acids is 2. The normalized spacial score (nSPS) is 23.5. The Morgan fingerprint density at radius 1 is 1.21 bits per heavy atom. The van der Waals surface area contributed by atoms with Gasteiger partial charge in [-0.3, -0.25) is 9.59 Å². The molecular formula is C20H24N4O4S. The fraction of sp³-hybridized carbons (Fsp3) is 0.450. The second kappa shape index (κ2) is 7.29. The minimum Gasteiger partial charge on any atom is -0.312 e. The molecule has 2 aromatic rings. The van der Waals surface area contributed by atoms with Gasteiger partial charge in [-0.15, -0.1) is 0 Å². The summed E-state index contributed by atoms with van der Waals surface area (Å²) in [7, 11) is -3.07. The first-order chi connectivity index (χ1) is 13.7. The number of nitrogens with one attached hydrogen (secondary N) is 1. The second-order valence-electron chi connectivity index (χ2n) is 7.90. The van der Waals surface area contributed by atoms with Crippen LogP contribution < -0.4 is 10.2 Å². The Morgan fingerprint density at radius 3 is 2.59 bits per heavy atom. The molecule has 154 valence electrons. The zero-order valence-corrected chi connectivity index (χ0v) is 17.3. The minimum atomic E-state index is -3.07. The van der Waals surface area contributed by atoms with E-state index in [1.807, 2.05) is 31.2 Å². The van der Waals surface area contributed by atoms with E-state index in [1.165, 1.54) is 0 Å². The summed E-state index contributed by atoms with van der Waals surface area (Å²) < 4.78 is 25.2. The minimum absolute atomic E-state index is 0.0279. The average molecular weight is 417 g/mol. The van der Waals surface area contributed by atoms with Gasteiger partial charge < -0.3 is 10.2 Å². The monoisotopic (exact) mass is 416 g/mol. The lowest BCUT2D eigenvalue weighted by Crippen LogP contribution is -2.29. The van der Waals surface area contributed by atoms with Gasteiger partial charge in [0.1, 0.15) is 5.82 Å². The number of benzene rings is 1. The molecule has 2 fully saturated rings. The van der Waals surface area contributed by atoms with Gasteiger partial charge in [-0.2, -0.15) is 5.10 Å². The molecule has 0 bridgehead atoms. The fourth-order valence-corrected chi connectivity index (χ4v) is 5.63. The number of anilines is 2. The van der Waals surface area contributed by atoms with Crippen molar-refractivity contribution in [3.05, 3.63) is 41.6 Å². The number of aryl methyl sites for hydroxylation is 2. The summed E-state index contributed by atoms with van der Waals surface area (Å²) in [5.74, 6) is -0.168. The first-order valence-corrected chi connectivity index (χ1v) is 11.5. The highest BCUT2D eigenvalue weighted by Crippen LogP contribution is 2.29. The van der Waals surface area contributed by atoms with Crippen LogP contribution in [-0.4, -0.2) is 48.1 Å². The topological polar surface area (TPSA) is 101 Å². The second-order valence-corrected chi connectivity index (χ2v) is 10.1. The molecule has 0 spiro atoms. The van der Waals surface area contributed by atoms with E-state index >= 15 is 0 Å². The lowest BCUT2D eigenvalue weighted by Gasteiger charge is -2.18. The van der Waals surface area contributed by atoms with Gasteiger partial charge >= 0.3 is 0 Å². The van der Waals surface area contributed by atoms with Crippen molar-refractivity contribution in [2.24, 2.45) is 5.92 Å². The summed E-state index contributed by atoms with van der Waals surface area (Å²) in [6, 6.07) is 9.09. The van der Waals surface area contributed by atoms with Gasteiger partial charge in [-0.05, 0) is 32.4 Å². The molecule has 1 aromatic carbocycles. The maximum atomic E-state index is 12.8. The van der Waals surface area contributed by atoms with Crippen LogP contribution >= 0.6 is 0 Å². The third-order valence-corrected chi connectivity index (χ3v) is 7.26. The van der Waals surface area contributed by atoms with Crippen molar-refractivity contribution >= 4 is 33.2 Å². The van der Waals surface area contributed by atoms with E-state index in [1.54, 1.807) is 22.6 Å². The molecule has 1 aromatic heterocycles. The smallest absolute Gasteiger partial charge is 0.230 e. The van der Waals surface area contributed by atoms with E-state index in [9.17, 15) is 18.0 Å². The third-order valence-electron chi connectivity index (χ3n) is 5.50. The Kier molecular flexibility index (Phi) is 4.94. The Bertz CT molecular complexity index is 1060. The summed E-state index contributed by atoms with van der Waals surface area (Å²) in [5.41, 5.74) is 2.59. The van der Waals surface area contributed by atoms with E-state index in [4.69, 9.17) is 0 Å². The molecule has 2 aliphatic rings. The summed E-state index contributed by atoms with van der Waals surface area (Å²) in [4.78, 5) is 26.9. The number of hydrogen-bond acceptors (Lipinski definition) is 5.